The fourth-order valence-electron chi connectivity index (χ4n) is 2.22. The van der Waals surface area contributed by atoms with Gasteiger partial charge in [-0.2, -0.15) is 5.10 Å². The summed E-state index contributed by atoms with van der Waals surface area (Å²) >= 11 is 0. The maximum absolute atomic E-state index is 9.15. The number of methoxy groups -OCH3 is 1. The highest BCUT2D eigenvalue weighted by Gasteiger charge is 2.12. The van der Waals surface area contributed by atoms with Gasteiger partial charge < -0.3 is 9.84 Å². The number of hydrogen-bond acceptors (Lipinski definition) is 3. The maximum Gasteiger partial charge on any atom is 0.122 e. The zero-order chi connectivity index (χ0) is 14.0. The molecule has 2 aromatic rings. The van der Waals surface area contributed by atoms with Crippen molar-refractivity contribution in [1.82, 2.24) is 9.78 Å². The van der Waals surface area contributed by atoms with Gasteiger partial charge in [-0.3, -0.25) is 4.68 Å². The molecule has 0 bridgehead atoms. The van der Waals surface area contributed by atoms with Gasteiger partial charge in [0.2, 0.25) is 0 Å². The first-order valence-corrected chi connectivity index (χ1v) is 6.39. The van der Waals surface area contributed by atoms with Crippen molar-refractivity contribution in [3.05, 3.63) is 35.5 Å². The quantitative estimate of drug-likeness (QED) is 0.919. The van der Waals surface area contributed by atoms with E-state index in [2.05, 4.69) is 25.0 Å². The van der Waals surface area contributed by atoms with E-state index in [9.17, 15) is 0 Å². The molecule has 2 rings (SSSR count). The molecule has 0 aliphatic heterocycles. The molecule has 0 unspecified atom stereocenters. The van der Waals surface area contributed by atoms with Crippen LogP contribution in [-0.4, -0.2) is 22.0 Å². The van der Waals surface area contributed by atoms with Gasteiger partial charge in [-0.25, -0.2) is 0 Å². The lowest BCUT2D eigenvalue weighted by Crippen LogP contribution is -1.98. The number of aliphatic hydroxyl groups excluding tert-OH is 1. The summed E-state index contributed by atoms with van der Waals surface area (Å²) < 4.78 is 7.18. The second kappa shape index (κ2) is 5.45. The smallest absolute Gasteiger partial charge is 0.122 e. The largest absolute Gasteiger partial charge is 0.496 e. The normalized spacial score (nSPS) is 11.1. The average molecular weight is 260 g/mol. The van der Waals surface area contributed by atoms with E-state index in [1.165, 1.54) is 5.56 Å². The van der Waals surface area contributed by atoms with Gasteiger partial charge in [0.25, 0.3) is 0 Å². The van der Waals surface area contributed by atoms with Crippen molar-refractivity contribution in [3.8, 4) is 17.0 Å². The summed E-state index contributed by atoms with van der Waals surface area (Å²) in [5, 5.41) is 13.4. The third kappa shape index (κ3) is 2.63. The number of rotatable bonds is 4. The number of nitrogens with zero attached hydrogens (tertiary/aromatic N) is 2. The highest BCUT2D eigenvalue weighted by molar-refractivity contribution is 5.63. The summed E-state index contributed by atoms with van der Waals surface area (Å²) in [5.41, 5.74) is 3.93. The highest BCUT2D eigenvalue weighted by Crippen LogP contribution is 2.31. The van der Waals surface area contributed by atoms with Crippen molar-refractivity contribution in [2.75, 3.05) is 7.11 Å². The van der Waals surface area contributed by atoms with Crippen LogP contribution in [0.1, 0.15) is 31.0 Å². The van der Waals surface area contributed by atoms with E-state index in [0.717, 1.165) is 17.0 Å². The first-order chi connectivity index (χ1) is 9.06. The number of aliphatic hydroxyl groups is 1. The molecule has 0 spiro atoms. The first kappa shape index (κ1) is 13.6. The Morgan fingerprint density at radius 3 is 2.58 bits per heavy atom. The van der Waals surface area contributed by atoms with Gasteiger partial charge in [-0.1, -0.05) is 13.8 Å². The molecule has 0 saturated heterocycles. The molecule has 0 amide bonds. The SMILES string of the molecule is COc1ccc(-c2cc(CO)nn2C)cc1C(C)C. The molecule has 0 aliphatic rings. The average Bonchev–Trinajstić information content (AvgIpc) is 2.79. The molecule has 0 atom stereocenters. The van der Waals surface area contributed by atoms with E-state index in [0.29, 0.717) is 11.6 Å². The number of ether oxygens (including phenoxy) is 1. The van der Waals surface area contributed by atoms with E-state index >= 15 is 0 Å². The van der Waals surface area contributed by atoms with Gasteiger partial charge in [-0.05, 0) is 35.7 Å². The van der Waals surface area contributed by atoms with Crippen molar-refractivity contribution in [2.45, 2.75) is 26.4 Å². The van der Waals surface area contributed by atoms with Crippen molar-refractivity contribution in [2.24, 2.45) is 7.05 Å². The van der Waals surface area contributed by atoms with Crippen LogP contribution in [0.4, 0.5) is 0 Å². The van der Waals surface area contributed by atoms with Gasteiger partial charge in [0, 0.05) is 12.6 Å². The van der Waals surface area contributed by atoms with Gasteiger partial charge in [-0.15, -0.1) is 0 Å². The van der Waals surface area contributed by atoms with Gasteiger partial charge >= 0.3 is 0 Å². The number of hydrogen-bond donors (Lipinski definition) is 1. The number of aryl methyl sites for hydroxylation is 1. The predicted octanol–water partition coefficient (Wildman–Crippen LogP) is 2.71. The zero-order valence-electron chi connectivity index (χ0n) is 11.8. The molecular formula is C15H20N2O2. The second-order valence-corrected chi connectivity index (χ2v) is 4.91. The van der Waals surface area contributed by atoms with Crippen molar-refractivity contribution in [1.29, 1.82) is 0 Å². The molecule has 1 aromatic carbocycles. The zero-order valence-corrected chi connectivity index (χ0v) is 11.8. The fourth-order valence-corrected chi connectivity index (χ4v) is 2.22. The Hall–Kier alpha value is -1.81. The van der Waals surface area contributed by atoms with Crippen molar-refractivity contribution >= 4 is 0 Å². The molecular weight excluding hydrogens is 240 g/mol. The molecule has 1 N–H and O–H groups in total. The molecule has 4 heteroatoms. The molecule has 0 aliphatic carbocycles. The van der Waals surface area contributed by atoms with Crippen LogP contribution in [0.2, 0.25) is 0 Å². The Balaban J connectivity index is 2.50. The van der Waals surface area contributed by atoms with E-state index < -0.39 is 0 Å². The summed E-state index contributed by atoms with van der Waals surface area (Å²) in [6.07, 6.45) is 0. The van der Waals surface area contributed by atoms with E-state index in [1.54, 1.807) is 11.8 Å². The van der Waals surface area contributed by atoms with E-state index in [1.807, 2.05) is 25.2 Å². The van der Waals surface area contributed by atoms with Crippen LogP contribution in [0.25, 0.3) is 11.3 Å². The van der Waals surface area contributed by atoms with E-state index in [4.69, 9.17) is 9.84 Å². The second-order valence-electron chi connectivity index (χ2n) is 4.91. The Kier molecular flexibility index (Phi) is 3.90. The van der Waals surface area contributed by atoms with Crippen LogP contribution < -0.4 is 4.74 Å². The lowest BCUT2D eigenvalue weighted by molar-refractivity contribution is 0.275. The summed E-state index contributed by atoms with van der Waals surface area (Å²) in [7, 11) is 3.57. The standard InChI is InChI=1S/C15H20N2O2/c1-10(2)13-7-11(5-6-15(13)19-4)14-8-12(9-18)16-17(14)3/h5-8,10,18H,9H2,1-4H3. The van der Waals surface area contributed by atoms with E-state index in [-0.39, 0.29) is 6.61 Å². The predicted molar refractivity (Wildman–Crippen MR) is 75.2 cm³/mol. The third-order valence-electron chi connectivity index (χ3n) is 3.24. The first-order valence-electron chi connectivity index (χ1n) is 6.39. The van der Waals surface area contributed by atoms with Gasteiger partial charge in [0.1, 0.15) is 5.75 Å². The number of aromatic nitrogens is 2. The van der Waals surface area contributed by atoms with Crippen LogP contribution in [0, 0.1) is 0 Å². The lowest BCUT2D eigenvalue weighted by Gasteiger charge is -2.13. The van der Waals surface area contributed by atoms with Gasteiger partial charge in [0.05, 0.1) is 25.1 Å². The molecule has 0 saturated carbocycles. The Morgan fingerprint density at radius 2 is 2.05 bits per heavy atom. The minimum absolute atomic E-state index is 0.0406. The van der Waals surface area contributed by atoms with Crippen molar-refractivity contribution < 1.29 is 9.84 Å². The van der Waals surface area contributed by atoms with Crippen molar-refractivity contribution in [3.63, 3.8) is 0 Å². The lowest BCUT2D eigenvalue weighted by atomic mass is 9.98. The molecule has 0 radical (unpaired) electrons. The molecule has 0 fully saturated rings. The van der Waals surface area contributed by atoms with Crippen LogP contribution in [0.3, 0.4) is 0 Å². The third-order valence-corrected chi connectivity index (χ3v) is 3.24. The van der Waals surface area contributed by atoms with Crippen LogP contribution >= 0.6 is 0 Å². The van der Waals surface area contributed by atoms with Gasteiger partial charge in [0.15, 0.2) is 0 Å². The van der Waals surface area contributed by atoms with Crippen LogP contribution in [0.15, 0.2) is 24.3 Å². The Bertz CT molecular complexity index is 574. The molecule has 1 aromatic heterocycles. The summed E-state index contributed by atoms with van der Waals surface area (Å²) in [5.74, 6) is 1.30. The molecule has 19 heavy (non-hydrogen) atoms. The van der Waals surface area contributed by atoms with Crippen LogP contribution in [0.5, 0.6) is 5.75 Å². The Morgan fingerprint density at radius 1 is 1.32 bits per heavy atom. The minimum Gasteiger partial charge on any atom is -0.496 e. The number of benzene rings is 1. The topological polar surface area (TPSA) is 47.3 Å². The summed E-state index contributed by atoms with van der Waals surface area (Å²) in [4.78, 5) is 0. The molecule has 102 valence electrons. The maximum atomic E-state index is 9.15. The fraction of sp³-hybridized carbons (Fsp3) is 0.400. The monoisotopic (exact) mass is 260 g/mol. The minimum atomic E-state index is -0.0406. The summed E-state index contributed by atoms with van der Waals surface area (Å²) in [6.45, 7) is 4.25. The van der Waals surface area contributed by atoms with Crippen LogP contribution in [-0.2, 0) is 13.7 Å². The molecule has 4 nitrogen and oxygen atoms in total. The summed E-state index contributed by atoms with van der Waals surface area (Å²) in [6, 6.07) is 8.03. The molecule has 1 heterocycles. The highest BCUT2D eigenvalue weighted by atomic mass is 16.5. The Labute approximate surface area is 113 Å².